The van der Waals surface area contributed by atoms with Crippen molar-refractivity contribution in [3.8, 4) is 0 Å². The maximum atomic E-state index is 13.9. The monoisotopic (exact) mass is 503 g/mol. The van der Waals surface area contributed by atoms with Gasteiger partial charge < -0.3 is 15.4 Å². The second kappa shape index (κ2) is 10.1. The van der Waals surface area contributed by atoms with E-state index in [0.717, 1.165) is 18.2 Å². The molecule has 0 aliphatic carbocycles. The van der Waals surface area contributed by atoms with E-state index in [2.05, 4.69) is 6.07 Å². The molecule has 1 saturated heterocycles. The van der Waals surface area contributed by atoms with Crippen molar-refractivity contribution >= 4 is 29.7 Å². The lowest BCUT2D eigenvalue weighted by Crippen LogP contribution is -2.39. The third-order valence-corrected chi connectivity index (χ3v) is 5.89. The number of amides is 2. The van der Waals surface area contributed by atoms with Crippen LogP contribution in [0.4, 0.5) is 26.3 Å². The van der Waals surface area contributed by atoms with Gasteiger partial charge in [0, 0.05) is 29.0 Å². The number of rotatable bonds is 5. The lowest BCUT2D eigenvalue weighted by molar-refractivity contribution is -0.163. The molecule has 2 N–H and O–H groups in total. The van der Waals surface area contributed by atoms with Crippen LogP contribution in [0.2, 0.25) is 0 Å². The second-order valence-corrected chi connectivity index (χ2v) is 8.10. The SMILES string of the molecule is NC(=O)c1ccc[c]c1Sc1ccc(C=CC(=O)N2CCOCC2)c(C(F)(F)F)c1C(F)(F)F. The molecule has 34 heavy (non-hydrogen) atoms. The Morgan fingerprint density at radius 3 is 2.26 bits per heavy atom. The Kier molecular flexibility index (Phi) is 7.61. The number of halogens is 6. The van der Waals surface area contributed by atoms with E-state index in [0.29, 0.717) is 17.8 Å². The predicted octanol–water partition coefficient (Wildman–Crippen LogP) is 4.65. The fourth-order valence-electron chi connectivity index (χ4n) is 3.27. The molecule has 1 aliphatic rings. The van der Waals surface area contributed by atoms with Gasteiger partial charge in [-0.15, -0.1) is 0 Å². The van der Waals surface area contributed by atoms with Crippen LogP contribution in [0.15, 0.2) is 46.2 Å². The minimum atomic E-state index is -5.40. The molecule has 2 amide bonds. The van der Waals surface area contributed by atoms with E-state index >= 15 is 0 Å². The van der Waals surface area contributed by atoms with E-state index in [4.69, 9.17) is 10.5 Å². The van der Waals surface area contributed by atoms with E-state index in [-0.39, 0.29) is 36.8 Å². The molecule has 5 nitrogen and oxygen atoms in total. The summed E-state index contributed by atoms with van der Waals surface area (Å²) in [4.78, 5) is 24.2. The molecule has 181 valence electrons. The van der Waals surface area contributed by atoms with Crippen molar-refractivity contribution in [1.82, 2.24) is 4.90 Å². The van der Waals surface area contributed by atoms with Crippen molar-refractivity contribution in [2.24, 2.45) is 5.73 Å². The number of nitrogens with zero attached hydrogens (tertiary/aromatic N) is 1. The zero-order valence-corrected chi connectivity index (χ0v) is 18.1. The summed E-state index contributed by atoms with van der Waals surface area (Å²) in [6.45, 7) is 0.936. The summed E-state index contributed by atoms with van der Waals surface area (Å²) < 4.78 is 88.6. The van der Waals surface area contributed by atoms with Gasteiger partial charge >= 0.3 is 12.4 Å². The maximum absolute atomic E-state index is 13.9. The summed E-state index contributed by atoms with van der Waals surface area (Å²) in [5.74, 6) is -1.61. The number of hydrogen-bond donors (Lipinski definition) is 1. The zero-order chi connectivity index (χ0) is 25.1. The molecule has 0 unspecified atom stereocenters. The smallest absolute Gasteiger partial charge is 0.378 e. The van der Waals surface area contributed by atoms with Gasteiger partial charge in [-0.25, -0.2) is 0 Å². The van der Waals surface area contributed by atoms with Crippen molar-refractivity contribution < 1.29 is 40.7 Å². The predicted molar refractivity (Wildman–Crippen MR) is 111 cm³/mol. The van der Waals surface area contributed by atoms with Crippen LogP contribution in [0.3, 0.4) is 0 Å². The molecule has 1 radical (unpaired) electrons. The van der Waals surface area contributed by atoms with Crippen molar-refractivity contribution in [1.29, 1.82) is 0 Å². The molecule has 0 spiro atoms. The third-order valence-electron chi connectivity index (χ3n) is 4.79. The molecule has 0 saturated carbocycles. The van der Waals surface area contributed by atoms with Gasteiger partial charge in [0.05, 0.1) is 29.9 Å². The quantitative estimate of drug-likeness (QED) is 0.477. The minimum Gasteiger partial charge on any atom is -0.378 e. The highest BCUT2D eigenvalue weighted by molar-refractivity contribution is 7.99. The Morgan fingerprint density at radius 1 is 1.03 bits per heavy atom. The van der Waals surface area contributed by atoms with Gasteiger partial charge in [-0.05, 0) is 29.8 Å². The van der Waals surface area contributed by atoms with Crippen molar-refractivity contribution in [2.45, 2.75) is 22.1 Å². The topological polar surface area (TPSA) is 72.6 Å². The Hall–Kier alpha value is -2.99. The summed E-state index contributed by atoms with van der Waals surface area (Å²) in [6.07, 6.45) is -9.27. The highest BCUT2D eigenvalue weighted by atomic mass is 32.2. The maximum Gasteiger partial charge on any atom is 0.418 e. The lowest BCUT2D eigenvalue weighted by atomic mass is 9.99. The van der Waals surface area contributed by atoms with E-state index in [1.165, 1.54) is 23.1 Å². The fourth-order valence-corrected chi connectivity index (χ4v) is 4.35. The van der Waals surface area contributed by atoms with Gasteiger partial charge in [-0.1, -0.05) is 30.0 Å². The molecule has 2 aromatic carbocycles. The first-order chi connectivity index (χ1) is 15.9. The standard InChI is InChI=1S/C22H17F6N2O3S/c23-21(24,25)18-13(6-8-17(31)30-9-11-33-12-10-30)5-7-16(19(18)22(26,27)28)34-15-4-2-1-3-14(15)20(29)32/h1-3,5-8H,9-12H2,(H2,29,32). The molecule has 1 aliphatic heterocycles. The summed E-state index contributed by atoms with van der Waals surface area (Å²) in [5, 5.41) is 0. The molecule has 0 bridgehead atoms. The highest BCUT2D eigenvalue weighted by Crippen LogP contribution is 2.48. The van der Waals surface area contributed by atoms with E-state index in [1.54, 1.807) is 0 Å². The highest BCUT2D eigenvalue weighted by Gasteiger charge is 2.46. The normalized spacial score (nSPS) is 15.1. The Morgan fingerprint density at radius 2 is 1.68 bits per heavy atom. The number of nitrogens with two attached hydrogens (primary N) is 1. The lowest BCUT2D eigenvalue weighted by Gasteiger charge is -2.25. The summed E-state index contributed by atoms with van der Waals surface area (Å²) in [5.41, 5.74) is 0.341. The molecule has 1 heterocycles. The Bertz CT molecular complexity index is 1110. The van der Waals surface area contributed by atoms with Gasteiger partial charge in [-0.2, -0.15) is 26.3 Å². The fraction of sp³-hybridized carbons (Fsp3) is 0.273. The van der Waals surface area contributed by atoms with Crippen molar-refractivity contribution in [2.75, 3.05) is 26.3 Å². The molecule has 12 heteroatoms. The molecule has 0 atom stereocenters. The summed E-state index contributed by atoms with van der Waals surface area (Å²) >= 11 is 0.293. The summed E-state index contributed by atoms with van der Waals surface area (Å²) in [6, 6.07) is 8.12. The first kappa shape index (κ1) is 25.6. The zero-order valence-electron chi connectivity index (χ0n) is 17.3. The van der Waals surface area contributed by atoms with Gasteiger partial charge in [0.1, 0.15) is 0 Å². The number of carbonyl (C=O) groups excluding carboxylic acids is 2. The van der Waals surface area contributed by atoms with Crippen LogP contribution in [0.1, 0.15) is 27.0 Å². The van der Waals surface area contributed by atoms with Crippen molar-refractivity contribution in [3.63, 3.8) is 0 Å². The number of hydrogen-bond acceptors (Lipinski definition) is 4. The second-order valence-electron chi connectivity index (χ2n) is 7.05. The molecule has 0 aromatic heterocycles. The molecule has 3 rings (SSSR count). The molecule has 2 aromatic rings. The van der Waals surface area contributed by atoms with Crippen LogP contribution in [0.25, 0.3) is 6.08 Å². The largest absolute Gasteiger partial charge is 0.418 e. The molecular formula is C22H17F6N2O3S. The summed E-state index contributed by atoms with van der Waals surface area (Å²) in [7, 11) is 0. The number of benzene rings is 2. The number of alkyl halides is 6. The van der Waals surface area contributed by atoms with Gasteiger partial charge in [-0.3, -0.25) is 9.59 Å². The van der Waals surface area contributed by atoms with E-state index in [9.17, 15) is 35.9 Å². The van der Waals surface area contributed by atoms with E-state index < -0.39 is 45.8 Å². The van der Waals surface area contributed by atoms with Crippen LogP contribution >= 0.6 is 11.8 Å². The average Bonchev–Trinajstić information content (AvgIpc) is 2.77. The average molecular weight is 503 g/mol. The number of ether oxygens (including phenoxy) is 1. The van der Waals surface area contributed by atoms with Crippen LogP contribution in [0, 0.1) is 6.07 Å². The van der Waals surface area contributed by atoms with Gasteiger partial charge in [0.15, 0.2) is 0 Å². The Balaban J connectivity index is 2.10. The van der Waals surface area contributed by atoms with E-state index in [1.807, 2.05) is 0 Å². The van der Waals surface area contributed by atoms with Crippen molar-refractivity contribution in [3.05, 3.63) is 64.7 Å². The first-order valence-electron chi connectivity index (χ1n) is 9.74. The van der Waals surface area contributed by atoms with Crippen LogP contribution < -0.4 is 5.73 Å². The first-order valence-corrected chi connectivity index (χ1v) is 10.6. The molecular weight excluding hydrogens is 486 g/mol. The Labute approximate surface area is 194 Å². The third kappa shape index (κ3) is 5.92. The van der Waals surface area contributed by atoms with Crippen LogP contribution in [0.5, 0.6) is 0 Å². The number of primary amides is 1. The number of carbonyl (C=O) groups is 2. The number of morpholine rings is 1. The van der Waals surface area contributed by atoms with Gasteiger partial charge in [0.25, 0.3) is 0 Å². The minimum absolute atomic E-state index is 0.153. The molecule has 1 fully saturated rings. The van der Waals surface area contributed by atoms with Crippen LogP contribution in [-0.4, -0.2) is 43.0 Å². The van der Waals surface area contributed by atoms with Gasteiger partial charge in [0.2, 0.25) is 11.8 Å². The van der Waals surface area contributed by atoms with Crippen LogP contribution in [-0.2, 0) is 21.9 Å².